The number of hydrazine groups is 1. The van der Waals surface area contributed by atoms with E-state index >= 15 is 0 Å². The van der Waals surface area contributed by atoms with Crippen LogP contribution in [0.3, 0.4) is 0 Å². The second-order valence-corrected chi connectivity index (χ2v) is 2.85. The van der Waals surface area contributed by atoms with E-state index in [1.165, 1.54) is 0 Å². The number of benzene rings is 1. The van der Waals surface area contributed by atoms with Crippen molar-refractivity contribution >= 4 is 11.4 Å². The minimum absolute atomic E-state index is 0.990. The Morgan fingerprint density at radius 2 is 1.29 bits per heavy atom. The number of anilines is 2. The molecule has 1 aromatic carbocycles. The third-order valence-electron chi connectivity index (χ3n) is 1.81. The number of nitrogens with zero attached hydrogens (tertiary/aromatic N) is 1. The quantitative estimate of drug-likeness (QED) is 0.721. The van der Waals surface area contributed by atoms with Gasteiger partial charge in [-0.1, -0.05) is 18.2 Å². The van der Waals surface area contributed by atoms with E-state index in [-0.39, 0.29) is 0 Å². The summed E-state index contributed by atoms with van der Waals surface area (Å²) in [5, 5.41) is 0. The molecule has 0 bridgehead atoms. The van der Waals surface area contributed by atoms with Gasteiger partial charge >= 0.3 is 0 Å². The lowest BCUT2D eigenvalue weighted by Gasteiger charge is -2.08. The molecule has 0 atom stereocenters. The van der Waals surface area contributed by atoms with Gasteiger partial charge < -0.3 is 10.9 Å². The Labute approximate surface area is 82.8 Å². The lowest BCUT2D eigenvalue weighted by atomic mass is 10.3. The molecule has 70 valence electrons. The van der Waals surface area contributed by atoms with Crippen LogP contribution in [-0.2, 0) is 0 Å². The maximum atomic E-state index is 3.93. The Morgan fingerprint density at radius 1 is 0.714 bits per heavy atom. The van der Waals surface area contributed by atoms with E-state index < -0.39 is 0 Å². The summed E-state index contributed by atoms with van der Waals surface area (Å²) in [6.07, 6.45) is 3.49. The first kappa shape index (κ1) is 8.56. The summed E-state index contributed by atoms with van der Waals surface area (Å²) in [7, 11) is 0. The highest BCUT2D eigenvalue weighted by atomic mass is 15.4. The summed E-state index contributed by atoms with van der Waals surface area (Å²) in [5.41, 5.74) is 8.18. The standard InChI is InChI=1S/C11H11N3/c1-2-4-10(5-3-1)13-14-11-6-8-12-9-7-11/h1-9,13H,(H,12,14). The van der Waals surface area contributed by atoms with E-state index in [1.807, 2.05) is 42.5 Å². The summed E-state index contributed by atoms with van der Waals surface area (Å²) >= 11 is 0. The highest BCUT2D eigenvalue weighted by Gasteiger charge is 1.89. The Bertz CT molecular complexity index is 333. The summed E-state index contributed by atoms with van der Waals surface area (Å²) < 4.78 is 0. The Morgan fingerprint density at radius 3 is 1.93 bits per heavy atom. The fourth-order valence-electron chi connectivity index (χ4n) is 1.10. The van der Waals surface area contributed by atoms with Gasteiger partial charge in [-0.05, 0) is 24.3 Å². The van der Waals surface area contributed by atoms with Crippen molar-refractivity contribution in [3.8, 4) is 0 Å². The molecular formula is C11H11N3. The Hall–Kier alpha value is -2.03. The van der Waals surface area contributed by atoms with Crippen molar-refractivity contribution in [2.24, 2.45) is 0 Å². The van der Waals surface area contributed by atoms with Gasteiger partial charge in [-0.3, -0.25) is 4.98 Å². The van der Waals surface area contributed by atoms with Crippen molar-refractivity contribution in [3.63, 3.8) is 0 Å². The fraction of sp³-hybridized carbons (Fsp3) is 0. The maximum absolute atomic E-state index is 3.93. The summed E-state index contributed by atoms with van der Waals surface area (Å²) in [5.74, 6) is 0. The predicted molar refractivity (Wildman–Crippen MR) is 57.9 cm³/mol. The minimum atomic E-state index is 0.990. The molecule has 3 nitrogen and oxygen atoms in total. The number of rotatable bonds is 3. The lowest BCUT2D eigenvalue weighted by molar-refractivity contribution is 1.31. The van der Waals surface area contributed by atoms with Crippen LogP contribution in [0.4, 0.5) is 11.4 Å². The molecule has 0 aliphatic rings. The molecule has 3 heteroatoms. The molecule has 2 N–H and O–H groups in total. The van der Waals surface area contributed by atoms with Crippen molar-refractivity contribution in [2.75, 3.05) is 10.9 Å². The molecule has 0 saturated carbocycles. The van der Waals surface area contributed by atoms with Crippen molar-refractivity contribution in [1.29, 1.82) is 0 Å². The van der Waals surface area contributed by atoms with Crippen LogP contribution in [0.1, 0.15) is 0 Å². The molecule has 14 heavy (non-hydrogen) atoms. The van der Waals surface area contributed by atoms with Gasteiger partial charge in [0, 0.05) is 12.4 Å². The molecule has 1 aromatic heterocycles. The number of nitrogens with one attached hydrogen (secondary N) is 2. The number of aromatic nitrogens is 1. The largest absolute Gasteiger partial charge is 0.301 e. The molecule has 2 rings (SSSR count). The molecule has 2 aromatic rings. The summed E-state index contributed by atoms with van der Waals surface area (Å²) in [4.78, 5) is 3.93. The summed E-state index contributed by atoms with van der Waals surface area (Å²) in [6.45, 7) is 0. The normalized spacial score (nSPS) is 9.43. The second-order valence-electron chi connectivity index (χ2n) is 2.85. The van der Waals surface area contributed by atoms with Gasteiger partial charge in [-0.15, -0.1) is 0 Å². The zero-order valence-corrected chi connectivity index (χ0v) is 7.64. The van der Waals surface area contributed by atoms with Crippen molar-refractivity contribution in [3.05, 3.63) is 54.9 Å². The Kier molecular flexibility index (Phi) is 2.62. The number of hydrogen-bond acceptors (Lipinski definition) is 3. The van der Waals surface area contributed by atoms with Crippen LogP contribution in [0.15, 0.2) is 54.9 Å². The number of pyridine rings is 1. The molecule has 0 aliphatic heterocycles. The minimum Gasteiger partial charge on any atom is -0.301 e. The number of para-hydroxylation sites is 1. The lowest BCUT2D eigenvalue weighted by Crippen LogP contribution is -2.07. The van der Waals surface area contributed by atoms with Crippen LogP contribution >= 0.6 is 0 Å². The molecule has 0 saturated heterocycles. The van der Waals surface area contributed by atoms with Gasteiger partial charge in [0.2, 0.25) is 0 Å². The second kappa shape index (κ2) is 4.28. The first-order valence-electron chi connectivity index (χ1n) is 4.42. The smallest absolute Gasteiger partial charge is 0.0570 e. The third-order valence-corrected chi connectivity index (χ3v) is 1.81. The first-order valence-corrected chi connectivity index (χ1v) is 4.42. The Balaban J connectivity index is 1.96. The van der Waals surface area contributed by atoms with E-state index in [1.54, 1.807) is 12.4 Å². The SMILES string of the molecule is c1ccc(NNc2ccncc2)cc1. The van der Waals surface area contributed by atoms with Crippen LogP contribution in [0.25, 0.3) is 0 Å². The van der Waals surface area contributed by atoms with Gasteiger partial charge in [-0.25, -0.2) is 0 Å². The van der Waals surface area contributed by atoms with Gasteiger partial charge in [0.15, 0.2) is 0 Å². The van der Waals surface area contributed by atoms with E-state index in [4.69, 9.17) is 0 Å². The zero-order chi connectivity index (χ0) is 9.64. The van der Waals surface area contributed by atoms with Crippen LogP contribution in [0.2, 0.25) is 0 Å². The van der Waals surface area contributed by atoms with Crippen molar-refractivity contribution in [1.82, 2.24) is 4.98 Å². The van der Waals surface area contributed by atoms with Crippen LogP contribution in [0.5, 0.6) is 0 Å². The van der Waals surface area contributed by atoms with Crippen LogP contribution in [-0.4, -0.2) is 4.98 Å². The zero-order valence-electron chi connectivity index (χ0n) is 7.64. The van der Waals surface area contributed by atoms with E-state index in [2.05, 4.69) is 15.8 Å². The number of hydrogen-bond donors (Lipinski definition) is 2. The predicted octanol–water partition coefficient (Wildman–Crippen LogP) is 2.52. The van der Waals surface area contributed by atoms with Crippen molar-refractivity contribution < 1.29 is 0 Å². The van der Waals surface area contributed by atoms with E-state index in [0.29, 0.717) is 0 Å². The van der Waals surface area contributed by atoms with Crippen LogP contribution < -0.4 is 10.9 Å². The fourth-order valence-corrected chi connectivity index (χ4v) is 1.10. The first-order chi connectivity index (χ1) is 6.95. The van der Waals surface area contributed by atoms with Gasteiger partial charge in [0.05, 0.1) is 11.4 Å². The molecule has 0 spiro atoms. The molecular weight excluding hydrogens is 174 g/mol. The highest BCUT2D eigenvalue weighted by Crippen LogP contribution is 2.07. The van der Waals surface area contributed by atoms with Gasteiger partial charge in [-0.2, -0.15) is 0 Å². The van der Waals surface area contributed by atoms with Gasteiger partial charge in [0.25, 0.3) is 0 Å². The average molecular weight is 185 g/mol. The molecule has 0 amide bonds. The molecule has 0 fully saturated rings. The molecule has 1 heterocycles. The molecule has 0 radical (unpaired) electrons. The summed E-state index contributed by atoms with van der Waals surface area (Å²) in [6, 6.07) is 13.7. The average Bonchev–Trinajstić information content (AvgIpc) is 2.29. The van der Waals surface area contributed by atoms with Crippen LogP contribution in [0, 0.1) is 0 Å². The maximum Gasteiger partial charge on any atom is 0.0570 e. The van der Waals surface area contributed by atoms with E-state index in [9.17, 15) is 0 Å². The third kappa shape index (κ3) is 2.23. The van der Waals surface area contributed by atoms with Gasteiger partial charge in [0.1, 0.15) is 0 Å². The molecule has 0 aliphatic carbocycles. The topological polar surface area (TPSA) is 37.0 Å². The van der Waals surface area contributed by atoms with E-state index in [0.717, 1.165) is 11.4 Å². The monoisotopic (exact) mass is 185 g/mol. The highest BCUT2D eigenvalue weighted by molar-refractivity contribution is 5.51. The van der Waals surface area contributed by atoms with Crippen molar-refractivity contribution in [2.45, 2.75) is 0 Å². The molecule has 0 unspecified atom stereocenters.